The SMILES string of the molecule is CC(=O)N1CCC(N(C)c2cc(Cl)cc(C(=O)NCC3C(=O)N=C(C)C=C3C)c2C)CC1. The standard InChI is InChI=1S/C24H31ClN4O3/c1-14-10-15(2)27-24(32)21(14)13-26-23(31)20-11-18(25)12-22(16(20)3)28(5)19-6-8-29(9-7-19)17(4)30/h10-12,19,21H,6-9,13H2,1-5H3,(H,26,31). The van der Waals surface area contributed by atoms with Crippen LogP contribution in [0.4, 0.5) is 5.69 Å². The first-order valence-electron chi connectivity index (χ1n) is 10.9. The zero-order chi connectivity index (χ0) is 23.6. The van der Waals surface area contributed by atoms with Crippen molar-refractivity contribution in [2.24, 2.45) is 10.9 Å². The van der Waals surface area contributed by atoms with Crippen LogP contribution >= 0.6 is 11.6 Å². The number of carbonyl (C=O) groups excluding carboxylic acids is 3. The fourth-order valence-corrected chi connectivity index (χ4v) is 4.69. The quantitative estimate of drug-likeness (QED) is 0.733. The Balaban J connectivity index is 1.73. The first-order valence-corrected chi connectivity index (χ1v) is 11.3. The van der Waals surface area contributed by atoms with E-state index >= 15 is 0 Å². The molecule has 2 heterocycles. The number of piperidine rings is 1. The highest BCUT2D eigenvalue weighted by Gasteiger charge is 2.27. The summed E-state index contributed by atoms with van der Waals surface area (Å²) in [6.45, 7) is 8.81. The molecular formula is C24H31ClN4O3. The van der Waals surface area contributed by atoms with E-state index in [0.717, 1.165) is 42.8 Å². The number of likely N-dealkylation sites (tertiary alicyclic amines) is 1. The van der Waals surface area contributed by atoms with Crippen LogP contribution in [0.2, 0.25) is 5.02 Å². The van der Waals surface area contributed by atoms with Crippen molar-refractivity contribution in [1.29, 1.82) is 0 Å². The highest BCUT2D eigenvalue weighted by atomic mass is 35.5. The largest absolute Gasteiger partial charge is 0.371 e. The molecule has 1 saturated heterocycles. The normalized spacial score (nSPS) is 19.4. The van der Waals surface area contributed by atoms with Gasteiger partial charge in [-0.15, -0.1) is 0 Å². The third-order valence-corrected chi connectivity index (χ3v) is 6.68. The number of nitrogens with zero attached hydrogens (tertiary/aromatic N) is 3. The number of carbonyl (C=O) groups is 3. The van der Waals surface area contributed by atoms with Crippen molar-refractivity contribution in [3.8, 4) is 0 Å². The van der Waals surface area contributed by atoms with E-state index in [4.69, 9.17) is 11.6 Å². The minimum absolute atomic E-state index is 0.103. The second-order valence-electron chi connectivity index (χ2n) is 8.69. The van der Waals surface area contributed by atoms with Gasteiger partial charge in [0.15, 0.2) is 0 Å². The van der Waals surface area contributed by atoms with E-state index in [1.165, 1.54) is 0 Å². The van der Waals surface area contributed by atoms with Gasteiger partial charge >= 0.3 is 0 Å². The molecule has 0 aliphatic carbocycles. The zero-order valence-electron chi connectivity index (χ0n) is 19.4. The number of amides is 3. The topological polar surface area (TPSA) is 82.1 Å². The number of hydrogen-bond acceptors (Lipinski definition) is 4. The minimum atomic E-state index is -0.448. The highest BCUT2D eigenvalue weighted by Crippen LogP contribution is 2.31. The highest BCUT2D eigenvalue weighted by molar-refractivity contribution is 6.31. The predicted molar refractivity (Wildman–Crippen MR) is 128 cm³/mol. The number of anilines is 1. The molecule has 3 rings (SSSR count). The molecular weight excluding hydrogens is 428 g/mol. The van der Waals surface area contributed by atoms with Gasteiger partial charge in [0.2, 0.25) is 5.91 Å². The summed E-state index contributed by atoms with van der Waals surface area (Å²) >= 11 is 6.38. The maximum Gasteiger partial charge on any atom is 0.254 e. The Morgan fingerprint density at radius 2 is 1.88 bits per heavy atom. The molecule has 0 saturated carbocycles. The lowest BCUT2D eigenvalue weighted by Crippen LogP contribution is -2.45. The van der Waals surface area contributed by atoms with Gasteiger partial charge in [-0.1, -0.05) is 17.2 Å². The first-order chi connectivity index (χ1) is 15.1. The molecule has 1 unspecified atom stereocenters. The second-order valence-corrected chi connectivity index (χ2v) is 9.12. The molecule has 172 valence electrons. The van der Waals surface area contributed by atoms with Gasteiger partial charge in [-0.2, -0.15) is 0 Å². The van der Waals surface area contributed by atoms with Gasteiger partial charge in [-0.05, 0) is 57.4 Å². The van der Waals surface area contributed by atoms with E-state index in [-0.39, 0.29) is 30.3 Å². The van der Waals surface area contributed by atoms with E-state index in [2.05, 4.69) is 15.2 Å². The molecule has 0 aromatic heterocycles. The van der Waals surface area contributed by atoms with Crippen molar-refractivity contribution in [2.75, 3.05) is 31.6 Å². The van der Waals surface area contributed by atoms with Crippen molar-refractivity contribution < 1.29 is 14.4 Å². The number of nitrogens with one attached hydrogen (secondary N) is 1. The van der Waals surface area contributed by atoms with E-state index < -0.39 is 5.92 Å². The van der Waals surface area contributed by atoms with Gasteiger partial charge in [0.25, 0.3) is 11.8 Å². The molecule has 1 aromatic carbocycles. The number of halogens is 1. The van der Waals surface area contributed by atoms with Gasteiger partial charge in [0.05, 0.1) is 5.92 Å². The molecule has 1 N–H and O–H groups in total. The van der Waals surface area contributed by atoms with Crippen LogP contribution in [0.3, 0.4) is 0 Å². The number of rotatable bonds is 5. The fraction of sp³-hybridized carbons (Fsp3) is 0.500. The minimum Gasteiger partial charge on any atom is -0.371 e. The van der Waals surface area contributed by atoms with Crippen LogP contribution in [0.15, 0.2) is 28.8 Å². The summed E-state index contributed by atoms with van der Waals surface area (Å²) in [5.41, 5.74) is 3.80. The Bertz CT molecular complexity index is 993. The average molecular weight is 459 g/mol. The molecule has 1 fully saturated rings. The number of hydrogen-bond donors (Lipinski definition) is 1. The van der Waals surface area contributed by atoms with Crippen LogP contribution in [-0.2, 0) is 9.59 Å². The summed E-state index contributed by atoms with van der Waals surface area (Å²) in [5, 5.41) is 3.37. The van der Waals surface area contributed by atoms with Crippen LogP contribution < -0.4 is 10.2 Å². The van der Waals surface area contributed by atoms with Crippen molar-refractivity contribution in [3.05, 3.63) is 39.9 Å². The second kappa shape index (κ2) is 9.86. The van der Waals surface area contributed by atoms with Crippen molar-refractivity contribution in [2.45, 2.75) is 46.6 Å². The van der Waals surface area contributed by atoms with E-state index in [9.17, 15) is 14.4 Å². The van der Waals surface area contributed by atoms with Gasteiger partial charge in [0.1, 0.15) is 0 Å². The fourth-order valence-electron chi connectivity index (χ4n) is 4.48. The molecule has 32 heavy (non-hydrogen) atoms. The molecule has 7 nitrogen and oxygen atoms in total. The Morgan fingerprint density at radius 1 is 1.22 bits per heavy atom. The smallest absolute Gasteiger partial charge is 0.254 e. The van der Waals surface area contributed by atoms with Crippen LogP contribution in [0.25, 0.3) is 0 Å². The predicted octanol–water partition coefficient (Wildman–Crippen LogP) is 3.39. The van der Waals surface area contributed by atoms with Gasteiger partial charge < -0.3 is 15.1 Å². The van der Waals surface area contributed by atoms with Gasteiger partial charge in [0, 0.05) is 61.6 Å². The molecule has 2 aliphatic rings. The maximum atomic E-state index is 13.0. The Labute approximate surface area is 194 Å². The number of benzene rings is 1. The number of dihydropyridines is 1. The van der Waals surface area contributed by atoms with Crippen LogP contribution in [-0.4, -0.2) is 61.1 Å². The summed E-state index contributed by atoms with van der Waals surface area (Å²) in [7, 11) is 2.00. The van der Waals surface area contributed by atoms with Crippen molar-refractivity contribution in [1.82, 2.24) is 10.2 Å². The van der Waals surface area contributed by atoms with Crippen molar-refractivity contribution in [3.63, 3.8) is 0 Å². The molecule has 0 radical (unpaired) electrons. The van der Waals surface area contributed by atoms with Crippen LogP contribution in [0.5, 0.6) is 0 Å². The summed E-state index contributed by atoms with van der Waals surface area (Å²) in [5.74, 6) is -0.844. The van der Waals surface area contributed by atoms with Crippen molar-refractivity contribution >= 4 is 40.7 Å². The lowest BCUT2D eigenvalue weighted by Gasteiger charge is -2.38. The maximum absolute atomic E-state index is 13.0. The van der Waals surface area contributed by atoms with E-state index in [0.29, 0.717) is 16.3 Å². The zero-order valence-corrected chi connectivity index (χ0v) is 20.1. The molecule has 1 aromatic rings. The van der Waals surface area contributed by atoms with Gasteiger partial charge in [-0.3, -0.25) is 14.4 Å². The van der Waals surface area contributed by atoms with Crippen LogP contribution in [0.1, 0.15) is 49.5 Å². The Morgan fingerprint density at radius 3 is 2.47 bits per heavy atom. The molecule has 0 spiro atoms. The van der Waals surface area contributed by atoms with E-state index in [1.54, 1.807) is 19.9 Å². The first kappa shape index (κ1) is 24.0. The summed E-state index contributed by atoms with van der Waals surface area (Å²) in [6.07, 6.45) is 3.59. The number of allylic oxidation sites excluding steroid dienone is 1. The monoisotopic (exact) mass is 458 g/mol. The lowest BCUT2D eigenvalue weighted by atomic mass is 9.95. The Hall–Kier alpha value is -2.67. The average Bonchev–Trinajstić information content (AvgIpc) is 2.73. The van der Waals surface area contributed by atoms with Gasteiger partial charge in [-0.25, -0.2) is 4.99 Å². The molecule has 8 heteroatoms. The van der Waals surface area contributed by atoms with Crippen LogP contribution in [0, 0.1) is 12.8 Å². The summed E-state index contributed by atoms with van der Waals surface area (Å²) < 4.78 is 0. The molecule has 2 aliphatic heterocycles. The van der Waals surface area contributed by atoms with E-state index in [1.807, 2.05) is 37.9 Å². The summed E-state index contributed by atoms with van der Waals surface area (Å²) in [4.78, 5) is 44.9. The molecule has 3 amide bonds. The summed E-state index contributed by atoms with van der Waals surface area (Å²) in [6, 6.07) is 3.79. The lowest BCUT2D eigenvalue weighted by molar-refractivity contribution is -0.129. The Kier molecular flexibility index (Phi) is 7.39. The molecule has 1 atom stereocenters. The third kappa shape index (κ3) is 5.21. The molecule has 0 bridgehead atoms. The number of aliphatic imine (C=N–C) groups is 1. The third-order valence-electron chi connectivity index (χ3n) is 6.46.